The molecule has 0 bridgehead atoms. The van der Waals surface area contributed by atoms with Crippen molar-refractivity contribution in [1.29, 1.82) is 0 Å². The average molecular weight is 283 g/mol. The summed E-state index contributed by atoms with van der Waals surface area (Å²) in [6.07, 6.45) is 0. The third-order valence-electron chi connectivity index (χ3n) is 3.29. The molecular weight excluding hydrogens is 270 g/mol. The van der Waals surface area contributed by atoms with Crippen molar-refractivity contribution in [2.45, 2.75) is 6.92 Å². The molecule has 21 heavy (non-hydrogen) atoms. The zero-order chi connectivity index (χ0) is 15.1. The summed E-state index contributed by atoms with van der Waals surface area (Å²) >= 11 is 0. The van der Waals surface area contributed by atoms with Crippen LogP contribution in [0, 0.1) is 6.92 Å². The van der Waals surface area contributed by atoms with E-state index in [2.05, 4.69) is 15.0 Å². The molecule has 7 heteroatoms. The van der Waals surface area contributed by atoms with Gasteiger partial charge in [-0.2, -0.15) is 4.99 Å². The Hall–Kier alpha value is -2.83. The lowest BCUT2D eigenvalue weighted by molar-refractivity contribution is 0.648. The SMILES string of the molecule is Cc1ccc(N=C2N=c3c(=O)n(C)c(=O)n(C)c3=N2)cc1. The van der Waals surface area contributed by atoms with Crippen molar-refractivity contribution in [2.24, 2.45) is 29.1 Å². The maximum atomic E-state index is 12.0. The monoisotopic (exact) mass is 283 g/mol. The molecule has 0 unspecified atom stereocenters. The van der Waals surface area contributed by atoms with Crippen LogP contribution in [0.5, 0.6) is 0 Å². The summed E-state index contributed by atoms with van der Waals surface area (Å²) in [5, 5.41) is 0.144. The van der Waals surface area contributed by atoms with Crippen LogP contribution in [-0.4, -0.2) is 15.1 Å². The van der Waals surface area contributed by atoms with Crippen molar-refractivity contribution in [3.63, 3.8) is 0 Å². The molecule has 0 radical (unpaired) electrons. The third-order valence-corrected chi connectivity index (χ3v) is 3.29. The van der Waals surface area contributed by atoms with Gasteiger partial charge in [-0.05, 0) is 19.1 Å². The van der Waals surface area contributed by atoms with Gasteiger partial charge in [-0.1, -0.05) is 17.7 Å². The molecule has 0 aliphatic carbocycles. The van der Waals surface area contributed by atoms with E-state index in [0.717, 1.165) is 10.1 Å². The number of nitrogens with zero attached hydrogens (tertiary/aromatic N) is 5. The van der Waals surface area contributed by atoms with Crippen LogP contribution in [-0.2, 0) is 14.1 Å². The molecule has 0 N–H and O–H groups in total. The van der Waals surface area contributed by atoms with Gasteiger partial charge in [0.1, 0.15) is 0 Å². The van der Waals surface area contributed by atoms with Crippen LogP contribution in [0.25, 0.3) is 0 Å². The minimum Gasteiger partial charge on any atom is -0.279 e. The van der Waals surface area contributed by atoms with E-state index >= 15 is 0 Å². The molecule has 0 amide bonds. The lowest BCUT2D eigenvalue weighted by atomic mass is 10.2. The molecule has 0 saturated carbocycles. The van der Waals surface area contributed by atoms with Gasteiger partial charge in [0, 0.05) is 14.1 Å². The minimum atomic E-state index is -0.467. The smallest absolute Gasteiger partial charge is 0.279 e. The highest BCUT2D eigenvalue weighted by Crippen LogP contribution is 2.13. The second kappa shape index (κ2) is 4.62. The predicted molar refractivity (Wildman–Crippen MR) is 77.5 cm³/mol. The third kappa shape index (κ3) is 2.12. The molecule has 1 aliphatic rings. The van der Waals surface area contributed by atoms with E-state index in [4.69, 9.17) is 0 Å². The number of hydrogen-bond acceptors (Lipinski definition) is 3. The Morgan fingerprint density at radius 2 is 1.67 bits per heavy atom. The summed E-state index contributed by atoms with van der Waals surface area (Å²) in [5.74, 6) is 0.173. The summed E-state index contributed by atoms with van der Waals surface area (Å²) in [4.78, 5) is 36.4. The molecule has 1 aromatic carbocycles. The van der Waals surface area contributed by atoms with Gasteiger partial charge < -0.3 is 0 Å². The van der Waals surface area contributed by atoms with E-state index in [0.29, 0.717) is 5.69 Å². The molecule has 0 saturated heterocycles. The van der Waals surface area contributed by atoms with E-state index in [1.807, 2.05) is 31.2 Å². The molecule has 3 rings (SSSR count). The Bertz CT molecular complexity index is 994. The molecule has 2 aromatic rings. The van der Waals surface area contributed by atoms with Crippen molar-refractivity contribution < 1.29 is 0 Å². The van der Waals surface area contributed by atoms with Crippen LogP contribution in [0.2, 0.25) is 0 Å². The average Bonchev–Trinajstić information content (AvgIpc) is 2.89. The van der Waals surface area contributed by atoms with E-state index < -0.39 is 11.2 Å². The number of benzene rings is 1. The fraction of sp³-hybridized carbons (Fsp3) is 0.214. The highest BCUT2D eigenvalue weighted by Gasteiger charge is 2.13. The molecule has 0 spiro atoms. The first-order chi connectivity index (χ1) is 9.97. The number of hydrogen-bond donors (Lipinski definition) is 0. The Labute approximate surface area is 119 Å². The zero-order valence-electron chi connectivity index (χ0n) is 11.9. The van der Waals surface area contributed by atoms with Crippen LogP contribution in [0.4, 0.5) is 5.69 Å². The van der Waals surface area contributed by atoms with Crippen molar-refractivity contribution in [3.8, 4) is 0 Å². The van der Waals surface area contributed by atoms with Gasteiger partial charge in [0.05, 0.1) is 5.69 Å². The van der Waals surface area contributed by atoms with Crippen molar-refractivity contribution in [2.75, 3.05) is 0 Å². The first-order valence-corrected chi connectivity index (χ1v) is 6.36. The molecule has 7 nitrogen and oxygen atoms in total. The lowest BCUT2D eigenvalue weighted by Gasteiger charge is -1.98. The number of aryl methyl sites for hydroxylation is 1. The molecular formula is C14H13N5O2. The van der Waals surface area contributed by atoms with E-state index in [-0.39, 0.29) is 16.8 Å². The van der Waals surface area contributed by atoms with Gasteiger partial charge in [-0.15, -0.1) is 0 Å². The molecule has 1 aromatic heterocycles. The first kappa shape index (κ1) is 13.2. The molecule has 0 atom stereocenters. The van der Waals surface area contributed by atoms with Crippen LogP contribution in [0.15, 0.2) is 48.8 Å². The Kier molecular flexibility index (Phi) is 2.90. The van der Waals surface area contributed by atoms with Gasteiger partial charge in [-0.25, -0.2) is 14.8 Å². The topological polar surface area (TPSA) is 81.1 Å². The van der Waals surface area contributed by atoms with Gasteiger partial charge in [0.25, 0.3) is 11.5 Å². The number of aromatic nitrogens is 2. The summed E-state index contributed by atoms with van der Waals surface area (Å²) < 4.78 is 2.30. The van der Waals surface area contributed by atoms with Crippen LogP contribution in [0.3, 0.4) is 0 Å². The van der Waals surface area contributed by atoms with E-state index in [1.165, 1.54) is 11.6 Å². The van der Waals surface area contributed by atoms with E-state index in [9.17, 15) is 9.59 Å². The second-order valence-corrected chi connectivity index (χ2v) is 4.85. The normalized spacial score (nSPS) is 14.7. The zero-order valence-corrected chi connectivity index (χ0v) is 11.9. The largest absolute Gasteiger partial charge is 0.332 e. The fourth-order valence-electron chi connectivity index (χ4n) is 2.05. The maximum absolute atomic E-state index is 12.0. The van der Waals surface area contributed by atoms with Crippen LogP contribution in [0.1, 0.15) is 5.56 Å². The number of rotatable bonds is 1. The Morgan fingerprint density at radius 1 is 1.00 bits per heavy atom. The highest BCUT2D eigenvalue weighted by atomic mass is 16.2. The summed E-state index contributed by atoms with van der Waals surface area (Å²) in [7, 11) is 2.96. The molecule has 106 valence electrons. The van der Waals surface area contributed by atoms with Crippen molar-refractivity contribution >= 4 is 11.6 Å². The molecule has 0 fully saturated rings. The predicted octanol–water partition coefficient (Wildman–Crippen LogP) is -0.667. The second-order valence-electron chi connectivity index (χ2n) is 4.85. The number of fused-ring (bicyclic) bond motifs is 1. The first-order valence-electron chi connectivity index (χ1n) is 6.36. The fourth-order valence-corrected chi connectivity index (χ4v) is 2.05. The minimum absolute atomic E-state index is 0.144. The van der Waals surface area contributed by atoms with Gasteiger partial charge in [0.2, 0.25) is 0 Å². The summed E-state index contributed by atoms with van der Waals surface area (Å²) in [5.41, 5.74) is 1.16. The molecule has 1 aliphatic heterocycles. The van der Waals surface area contributed by atoms with E-state index in [1.54, 1.807) is 7.05 Å². The number of guanidine groups is 1. The van der Waals surface area contributed by atoms with Crippen molar-refractivity contribution in [3.05, 3.63) is 61.5 Å². The van der Waals surface area contributed by atoms with Crippen LogP contribution >= 0.6 is 0 Å². The van der Waals surface area contributed by atoms with Gasteiger partial charge >= 0.3 is 5.69 Å². The van der Waals surface area contributed by atoms with Gasteiger partial charge in [0.15, 0.2) is 10.8 Å². The van der Waals surface area contributed by atoms with Crippen molar-refractivity contribution in [1.82, 2.24) is 9.13 Å². The van der Waals surface area contributed by atoms with Gasteiger partial charge in [-0.3, -0.25) is 13.9 Å². The summed E-state index contributed by atoms with van der Waals surface area (Å²) in [6, 6.07) is 7.54. The quantitative estimate of drug-likeness (QED) is 0.696. The Balaban J connectivity index is 2.23. The molecule has 2 heterocycles. The summed E-state index contributed by atoms with van der Waals surface area (Å²) in [6.45, 7) is 1.98. The number of aliphatic imine (C=N–C) groups is 1. The highest BCUT2D eigenvalue weighted by molar-refractivity contribution is 5.85. The Morgan fingerprint density at radius 3 is 2.33 bits per heavy atom. The maximum Gasteiger partial charge on any atom is 0.332 e. The lowest BCUT2D eigenvalue weighted by Crippen LogP contribution is -2.55. The standard InChI is InChI=1S/C14H13N5O2/c1-8-4-6-9(7-5-8)15-13-16-10-11(17-13)18(2)14(21)19(3)12(10)20/h4-7H,1-3H3. The van der Waals surface area contributed by atoms with Crippen LogP contribution < -0.4 is 22.1 Å².